The average molecular weight is 402 g/mol. The van der Waals surface area contributed by atoms with Gasteiger partial charge in [0.15, 0.2) is 0 Å². The molecule has 0 spiro atoms. The summed E-state index contributed by atoms with van der Waals surface area (Å²) < 4.78 is 5.17. The van der Waals surface area contributed by atoms with Crippen LogP contribution in [0.2, 0.25) is 0 Å². The molecule has 3 aromatic carbocycles. The van der Waals surface area contributed by atoms with Gasteiger partial charge in [-0.3, -0.25) is 19.7 Å². The highest BCUT2D eigenvalue weighted by Gasteiger charge is 2.36. The van der Waals surface area contributed by atoms with E-state index >= 15 is 0 Å². The predicted octanol–water partition coefficient (Wildman–Crippen LogP) is 3.75. The summed E-state index contributed by atoms with van der Waals surface area (Å²) in [5.41, 5.74) is 1.32. The fourth-order valence-electron chi connectivity index (χ4n) is 3.21. The number of hydrogen-bond donors (Lipinski definition) is 0. The molecule has 148 valence electrons. The van der Waals surface area contributed by atoms with E-state index in [2.05, 4.69) is 0 Å². The molecule has 0 saturated carbocycles. The lowest BCUT2D eigenvalue weighted by molar-refractivity contribution is -0.385. The molecular weight excluding hydrogens is 388 g/mol. The van der Waals surface area contributed by atoms with Crippen molar-refractivity contribution in [2.24, 2.45) is 0 Å². The molecule has 4 rings (SSSR count). The molecule has 8 nitrogen and oxygen atoms in total. The van der Waals surface area contributed by atoms with Gasteiger partial charge in [0, 0.05) is 6.07 Å². The number of rotatable bonds is 5. The first-order valence-corrected chi connectivity index (χ1v) is 8.94. The molecule has 0 saturated heterocycles. The van der Waals surface area contributed by atoms with Gasteiger partial charge in [0.05, 0.1) is 32.9 Å². The van der Waals surface area contributed by atoms with E-state index in [4.69, 9.17) is 4.74 Å². The first-order chi connectivity index (χ1) is 14.5. The molecule has 2 amide bonds. The summed E-state index contributed by atoms with van der Waals surface area (Å²) in [6, 6.07) is 18.3. The number of imide groups is 1. The van der Waals surface area contributed by atoms with Crippen molar-refractivity contribution >= 4 is 29.2 Å². The molecule has 0 N–H and O–H groups in total. The molecule has 0 atom stereocenters. The molecular formula is C22H14N2O6. The quantitative estimate of drug-likeness (QED) is 0.278. The summed E-state index contributed by atoms with van der Waals surface area (Å²) in [5.74, 6) is -1.54. The number of nitro benzene ring substituents is 1. The molecule has 1 heterocycles. The summed E-state index contributed by atoms with van der Waals surface area (Å²) >= 11 is 0. The summed E-state index contributed by atoms with van der Waals surface area (Å²) in [6.07, 6.45) is 0. The maximum atomic E-state index is 12.5. The molecule has 30 heavy (non-hydrogen) atoms. The number of benzene rings is 3. The maximum absolute atomic E-state index is 12.5. The maximum Gasteiger partial charge on any atom is 0.338 e. The zero-order valence-electron chi connectivity index (χ0n) is 15.5. The van der Waals surface area contributed by atoms with E-state index in [1.54, 1.807) is 30.3 Å². The molecule has 0 aromatic heterocycles. The average Bonchev–Trinajstić information content (AvgIpc) is 3.02. The molecule has 8 heteroatoms. The van der Waals surface area contributed by atoms with Crippen LogP contribution >= 0.6 is 0 Å². The van der Waals surface area contributed by atoms with Crippen LogP contribution in [-0.4, -0.2) is 22.7 Å². The highest BCUT2D eigenvalue weighted by molar-refractivity contribution is 6.34. The fourth-order valence-corrected chi connectivity index (χ4v) is 3.21. The Morgan fingerprint density at radius 1 is 0.867 bits per heavy atom. The van der Waals surface area contributed by atoms with Crippen LogP contribution in [-0.2, 0) is 11.3 Å². The largest absolute Gasteiger partial charge is 0.457 e. The van der Waals surface area contributed by atoms with Crippen molar-refractivity contribution < 1.29 is 24.0 Å². The Morgan fingerprint density at radius 2 is 1.43 bits per heavy atom. The van der Waals surface area contributed by atoms with E-state index in [1.807, 2.05) is 0 Å². The molecule has 1 aliphatic heterocycles. The van der Waals surface area contributed by atoms with Crippen LogP contribution in [0.5, 0.6) is 0 Å². The Kier molecular flexibility index (Phi) is 4.81. The predicted molar refractivity (Wildman–Crippen MR) is 106 cm³/mol. The lowest BCUT2D eigenvalue weighted by atomic mass is 10.1. The van der Waals surface area contributed by atoms with Crippen LogP contribution in [0.4, 0.5) is 11.4 Å². The van der Waals surface area contributed by atoms with Crippen molar-refractivity contribution in [3.63, 3.8) is 0 Å². The number of carbonyl (C=O) groups is 3. The highest BCUT2D eigenvalue weighted by atomic mass is 16.6. The molecule has 1 aliphatic rings. The van der Waals surface area contributed by atoms with Crippen molar-refractivity contribution in [2.45, 2.75) is 6.61 Å². The second kappa shape index (κ2) is 7.59. The lowest BCUT2D eigenvalue weighted by Gasteiger charge is -2.14. The Labute approximate surface area is 170 Å². The van der Waals surface area contributed by atoms with Crippen LogP contribution in [0, 0.1) is 10.1 Å². The number of nitro groups is 1. The van der Waals surface area contributed by atoms with Gasteiger partial charge in [-0.15, -0.1) is 0 Å². The van der Waals surface area contributed by atoms with E-state index in [-0.39, 0.29) is 23.4 Å². The standard InChI is InChI=1S/C22H14N2O6/c25-20-17-6-2-3-7-18(17)21(26)23(20)16-11-9-14(10-12-16)22(27)30-13-15-5-1-4-8-19(15)24(28)29/h1-12H,13H2. The van der Waals surface area contributed by atoms with Gasteiger partial charge in [-0.1, -0.05) is 24.3 Å². The van der Waals surface area contributed by atoms with E-state index in [9.17, 15) is 24.5 Å². The van der Waals surface area contributed by atoms with Crippen LogP contribution in [0.25, 0.3) is 0 Å². The van der Waals surface area contributed by atoms with Gasteiger partial charge in [0.2, 0.25) is 0 Å². The van der Waals surface area contributed by atoms with Gasteiger partial charge < -0.3 is 4.74 Å². The number of amides is 2. The monoisotopic (exact) mass is 402 g/mol. The van der Waals surface area contributed by atoms with Gasteiger partial charge in [-0.25, -0.2) is 9.69 Å². The fraction of sp³-hybridized carbons (Fsp3) is 0.0455. The Morgan fingerprint density at radius 3 is 2.03 bits per heavy atom. The van der Waals surface area contributed by atoms with Crippen LogP contribution in [0.1, 0.15) is 36.6 Å². The van der Waals surface area contributed by atoms with E-state index in [0.29, 0.717) is 16.8 Å². The first kappa shape index (κ1) is 19.0. The Hall–Kier alpha value is -4.33. The zero-order chi connectivity index (χ0) is 21.3. The van der Waals surface area contributed by atoms with Crippen molar-refractivity contribution in [1.82, 2.24) is 0 Å². The summed E-state index contributed by atoms with van der Waals surface area (Å²) in [6.45, 7) is -0.254. The number of fused-ring (bicyclic) bond motifs is 1. The molecule has 0 unspecified atom stereocenters. The van der Waals surface area contributed by atoms with E-state index in [0.717, 1.165) is 4.90 Å². The second-order valence-electron chi connectivity index (χ2n) is 6.50. The normalized spacial score (nSPS) is 12.6. The van der Waals surface area contributed by atoms with Crippen molar-refractivity contribution in [2.75, 3.05) is 4.90 Å². The van der Waals surface area contributed by atoms with Crippen molar-refractivity contribution in [1.29, 1.82) is 0 Å². The molecule has 0 radical (unpaired) electrons. The number of esters is 1. The SMILES string of the molecule is O=C(OCc1ccccc1[N+](=O)[O-])c1ccc(N2C(=O)c3ccccc3C2=O)cc1. The van der Waals surface area contributed by atoms with Gasteiger partial charge in [-0.2, -0.15) is 0 Å². The number of ether oxygens (including phenoxy) is 1. The minimum absolute atomic E-state index is 0.133. The van der Waals surface area contributed by atoms with Crippen LogP contribution < -0.4 is 4.90 Å². The number of hydrogen-bond acceptors (Lipinski definition) is 6. The van der Waals surface area contributed by atoms with Gasteiger partial charge >= 0.3 is 5.97 Å². The summed E-state index contributed by atoms with van der Waals surface area (Å²) in [4.78, 5) is 48.9. The number of anilines is 1. The molecule has 3 aromatic rings. The second-order valence-corrected chi connectivity index (χ2v) is 6.50. The van der Waals surface area contributed by atoms with Crippen molar-refractivity contribution in [3.05, 3.63) is 105 Å². The number of carbonyl (C=O) groups excluding carboxylic acids is 3. The number of nitrogens with zero attached hydrogens (tertiary/aromatic N) is 2. The minimum atomic E-state index is -0.679. The third-order valence-electron chi connectivity index (χ3n) is 4.70. The number of para-hydroxylation sites is 1. The topological polar surface area (TPSA) is 107 Å². The van der Waals surface area contributed by atoms with E-state index in [1.165, 1.54) is 42.5 Å². The zero-order valence-corrected chi connectivity index (χ0v) is 15.5. The smallest absolute Gasteiger partial charge is 0.338 e. The Balaban J connectivity index is 1.48. The van der Waals surface area contributed by atoms with Crippen molar-refractivity contribution in [3.8, 4) is 0 Å². The first-order valence-electron chi connectivity index (χ1n) is 8.94. The molecule has 0 bridgehead atoms. The third kappa shape index (κ3) is 3.30. The van der Waals surface area contributed by atoms with Gasteiger partial charge in [0.1, 0.15) is 6.61 Å². The highest BCUT2D eigenvalue weighted by Crippen LogP contribution is 2.28. The van der Waals surface area contributed by atoms with E-state index < -0.39 is 22.7 Å². The Bertz CT molecular complexity index is 1150. The van der Waals surface area contributed by atoms with Gasteiger partial charge in [-0.05, 0) is 42.5 Å². The lowest BCUT2D eigenvalue weighted by Crippen LogP contribution is -2.29. The molecule has 0 aliphatic carbocycles. The minimum Gasteiger partial charge on any atom is -0.457 e. The molecule has 0 fully saturated rings. The van der Waals surface area contributed by atoms with Crippen LogP contribution in [0.3, 0.4) is 0 Å². The third-order valence-corrected chi connectivity index (χ3v) is 4.70. The summed E-state index contributed by atoms with van der Waals surface area (Å²) in [7, 11) is 0. The van der Waals surface area contributed by atoms with Crippen LogP contribution in [0.15, 0.2) is 72.8 Å². The van der Waals surface area contributed by atoms with Gasteiger partial charge in [0.25, 0.3) is 17.5 Å². The summed E-state index contributed by atoms with van der Waals surface area (Å²) in [5, 5.41) is 11.0.